The minimum atomic E-state index is 0. The highest BCUT2D eigenvalue weighted by Crippen LogP contribution is 2.17. The van der Waals surface area contributed by atoms with E-state index >= 15 is 0 Å². The molecule has 0 radical (unpaired) electrons. The van der Waals surface area contributed by atoms with Gasteiger partial charge in [-0.05, 0) is 39.8 Å². The standard InChI is InChI=1S/C21H36N4O.HI/c1-5-22-21(23-12-14-24(4)18(2)3)25-13-11-20(15-25)17-26-16-19-9-7-6-8-10-19;/h6-10,18,20H,5,11-17H2,1-4H3,(H,22,23);1H. The Morgan fingerprint density at radius 2 is 2.07 bits per heavy atom. The van der Waals surface area contributed by atoms with Gasteiger partial charge in [0.2, 0.25) is 0 Å². The van der Waals surface area contributed by atoms with Crippen LogP contribution in [0.2, 0.25) is 0 Å². The Balaban J connectivity index is 0.00000364. The van der Waals surface area contributed by atoms with E-state index < -0.39 is 0 Å². The van der Waals surface area contributed by atoms with Crippen molar-refractivity contribution in [2.45, 2.75) is 39.8 Å². The second kappa shape index (κ2) is 13.3. The molecule has 5 nitrogen and oxygen atoms in total. The molecule has 0 aromatic heterocycles. The van der Waals surface area contributed by atoms with E-state index in [4.69, 9.17) is 9.73 Å². The zero-order valence-electron chi connectivity index (χ0n) is 17.4. The number of aliphatic imine (C=N–C) groups is 1. The molecule has 1 heterocycles. The number of hydrogen-bond acceptors (Lipinski definition) is 3. The fraction of sp³-hybridized carbons (Fsp3) is 0.667. The normalized spacial score (nSPS) is 17.5. The van der Waals surface area contributed by atoms with Gasteiger partial charge >= 0.3 is 0 Å². The third-order valence-corrected chi connectivity index (χ3v) is 4.98. The Hall–Kier alpha value is -0.860. The van der Waals surface area contributed by atoms with Gasteiger partial charge in [-0.25, -0.2) is 0 Å². The molecular formula is C21H37IN4O. The lowest BCUT2D eigenvalue weighted by Gasteiger charge is -2.23. The van der Waals surface area contributed by atoms with Crippen molar-refractivity contribution in [3.8, 4) is 0 Å². The lowest BCUT2D eigenvalue weighted by atomic mass is 10.1. The van der Waals surface area contributed by atoms with E-state index in [-0.39, 0.29) is 24.0 Å². The van der Waals surface area contributed by atoms with Crippen LogP contribution < -0.4 is 5.32 Å². The monoisotopic (exact) mass is 488 g/mol. The number of benzene rings is 1. The Bertz CT molecular complexity index is 538. The lowest BCUT2D eigenvalue weighted by Crippen LogP contribution is -2.41. The van der Waals surface area contributed by atoms with Crippen LogP contribution in [0.25, 0.3) is 0 Å². The topological polar surface area (TPSA) is 40.1 Å². The van der Waals surface area contributed by atoms with Crippen molar-refractivity contribution in [3.05, 3.63) is 35.9 Å². The minimum Gasteiger partial charge on any atom is -0.376 e. The van der Waals surface area contributed by atoms with E-state index in [0.29, 0.717) is 18.6 Å². The summed E-state index contributed by atoms with van der Waals surface area (Å²) in [6.45, 7) is 12.9. The molecule has 0 amide bonds. The average molecular weight is 488 g/mol. The van der Waals surface area contributed by atoms with Gasteiger partial charge in [-0.1, -0.05) is 30.3 Å². The Labute approximate surface area is 182 Å². The molecule has 1 N–H and O–H groups in total. The van der Waals surface area contributed by atoms with Crippen LogP contribution in [0.15, 0.2) is 35.3 Å². The third-order valence-electron chi connectivity index (χ3n) is 4.98. The van der Waals surface area contributed by atoms with Gasteiger partial charge in [0.1, 0.15) is 0 Å². The molecule has 1 aliphatic heterocycles. The third kappa shape index (κ3) is 8.79. The van der Waals surface area contributed by atoms with Crippen LogP contribution in [0.5, 0.6) is 0 Å². The van der Waals surface area contributed by atoms with Gasteiger partial charge in [-0.2, -0.15) is 0 Å². The van der Waals surface area contributed by atoms with Gasteiger partial charge in [0.05, 0.1) is 19.8 Å². The molecule has 1 fully saturated rings. The number of rotatable bonds is 9. The van der Waals surface area contributed by atoms with Crippen LogP contribution >= 0.6 is 24.0 Å². The Morgan fingerprint density at radius 3 is 2.74 bits per heavy atom. The maximum atomic E-state index is 5.94. The van der Waals surface area contributed by atoms with Gasteiger partial charge < -0.3 is 19.9 Å². The second-order valence-electron chi connectivity index (χ2n) is 7.41. The summed E-state index contributed by atoms with van der Waals surface area (Å²) >= 11 is 0. The Morgan fingerprint density at radius 1 is 1.33 bits per heavy atom. The molecule has 1 aromatic carbocycles. The van der Waals surface area contributed by atoms with E-state index in [9.17, 15) is 0 Å². The predicted octanol–water partition coefficient (Wildman–Crippen LogP) is 3.45. The summed E-state index contributed by atoms with van der Waals surface area (Å²) in [4.78, 5) is 9.54. The number of nitrogens with zero attached hydrogens (tertiary/aromatic N) is 3. The Kier molecular flexibility index (Phi) is 11.9. The summed E-state index contributed by atoms with van der Waals surface area (Å²) in [5, 5.41) is 3.45. The van der Waals surface area contributed by atoms with E-state index in [0.717, 1.165) is 45.3 Å². The number of ether oxygens (including phenoxy) is 1. The highest BCUT2D eigenvalue weighted by molar-refractivity contribution is 14.0. The first kappa shape index (κ1) is 24.2. The number of guanidine groups is 1. The first-order valence-electron chi connectivity index (χ1n) is 9.95. The van der Waals surface area contributed by atoms with E-state index in [1.54, 1.807) is 0 Å². The maximum absolute atomic E-state index is 5.94. The number of likely N-dealkylation sites (tertiary alicyclic amines) is 1. The SMILES string of the molecule is CCNC(=NCCN(C)C(C)C)N1CCC(COCc2ccccc2)C1.I. The van der Waals surface area contributed by atoms with Crippen molar-refractivity contribution in [3.63, 3.8) is 0 Å². The second-order valence-corrected chi connectivity index (χ2v) is 7.41. The van der Waals surface area contributed by atoms with Crippen LogP contribution in [0, 0.1) is 5.92 Å². The molecule has 27 heavy (non-hydrogen) atoms. The average Bonchev–Trinajstić information content (AvgIpc) is 3.10. The quantitative estimate of drug-likeness (QED) is 0.329. The molecule has 6 heteroatoms. The fourth-order valence-corrected chi connectivity index (χ4v) is 3.08. The molecule has 1 saturated heterocycles. The first-order valence-corrected chi connectivity index (χ1v) is 9.95. The van der Waals surface area contributed by atoms with Crippen LogP contribution in [0.1, 0.15) is 32.8 Å². The van der Waals surface area contributed by atoms with Crippen molar-refractivity contribution >= 4 is 29.9 Å². The van der Waals surface area contributed by atoms with Gasteiger partial charge in [0.15, 0.2) is 5.96 Å². The molecule has 0 saturated carbocycles. The molecular weight excluding hydrogens is 451 g/mol. The number of hydrogen-bond donors (Lipinski definition) is 1. The summed E-state index contributed by atoms with van der Waals surface area (Å²) in [7, 11) is 2.16. The molecule has 0 bridgehead atoms. The van der Waals surface area contributed by atoms with Gasteiger partial charge in [-0.15, -0.1) is 24.0 Å². The predicted molar refractivity (Wildman–Crippen MR) is 125 cm³/mol. The number of halogens is 1. The molecule has 1 unspecified atom stereocenters. The van der Waals surface area contributed by atoms with Gasteiger partial charge in [-0.3, -0.25) is 4.99 Å². The molecule has 154 valence electrons. The molecule has 1 aliphatic rings. The molecule has 2 rings (SSSR count). The highest BCUT2D eigenvalue weighted by Gasteiger charge is 2.25. The number of nitrogens with one attached hydrogen (secondary N) is 1. The minimum absolute atomic E-state index is 0. The molecule has 1 aromatic rings. The van der Waals surface area contributed by atoms with Crippen LogP contribution in [0.4, 0.5) is 0 Å². The van der Waals surface area contributed by atoms with Crippen LogP contribution in [-0.2, 0) is 11.3 Å². The van der Waals surface area contributed by atoms with Crippen molar-refractivity contribution in [1.29, 1.82) is 0 Å². The van der Waals surface area contributed by atoms with Gasteiger partial charge in [0, 0.05) is 38.1 Å². The van der Waals surface area contributed by atoms with E-state index in [1.807, 2.05) is 6.07 Å². The fourth-order valence-electron chi connectivity index (χ4n) is 3.08. The highest BCUT2D eigenvalue weighted by atomic mass is 127. The molecule has 1 atom stereocenters. The van der Waals surface area contributed by atoms with Crippen molar-refractivity contribution in [2.75, 3.05) is 46.4 Å². The van der Waals surface area contributed by atoms with Crippen molar-refractivity contribution < 1.29 is 4.74 Å². The summed E-state index contributed by atoms with van der Waals surface area (Å²) < 4.78 is 5.94. The van der Waals surface area contributed by atoms with Crippen LogP contribution in [0.3, 0.4) is 0 Å². The lowest BCUT2D eigenvalue weighted by molar-refractivity contribution is 0.0906. The smallest absolute Gasteiger partial charge is 0.193 e. The summed E-state index contributed by atoms with van der Waals surface area (Å²) in [6, 6.07) is 11.0. The summed E-state index contributed by atoms with van der Waals surface area (Å²) in [6.07, 6.45) is 1.17. The molecule has 0 spiro atoms. The van der Waals surface area contributed by atoms with E-state index in [2.05, 4.69) is 67.2 Å². The van der Waals surface area contributed by atoms with Crippen molar-refractivity contribution in [1.82, 2.24) is 15.1 Å². The maximum Gasteiger partial charge on any atom is 0.193 e. The summed E-state index contributed by atoms with van der Waals surface area (Å²) in [5.74, 6) is 1.64. The first-order chi connectivity index (χ1) is 12.6. The summed E-state index contributed by atoms with van der Waals surface area (Å²) in [5.41, 5.74) is 1.24. The largest absolute Gasteiger partial charge is 0.376 e. The zero-order chi connectivity index (χ0) is 18.8. The molecule has 0 aliphatic carbocycles. The van der Waals surface area contributed by atoms with E-state index in [1.165, 1.54) is 12.0 Å². The van der Waals surface area contributed by atoms with Crippen LogP contribution in [-0.4, -0.2) is 68.2 Å². The van der Waals surface area contributed by atoms with Crippen molar-refractivity contribution in [2.24, 2.45) is 10.9 Å². The van der Waals surface area contributed by atoms with Gasteiger partial charge in [0.25, 0.3) is 0 Å². The zero-order valence-corrected chi connectivity index (χ0v) is 19.7. The number of likely N-dealkylation sites (N-methyl/N-ethyl adjacent to an activating group) is 1.